The van der Waals surface area contributed by atoms with Crippen LogP contribution in [-0.4, -0.2) is 51.9 Å². The van der Waals surface area contributed by atoms with E-state index in [1.54, 1.807) is 18.6 Å². The molecule has 0 spiro atoms. The van der Waals surface area contributed by atoms with E-state index in [1.807, 2.05) is 4.90 Å². The topological polar surface area (TPSA) is 62.2 Å². The third-order valence-electron chi connectivity index (χ3n) is 3.09. The summed E-state index contributed by atoms with van der Waals surface area (Å²) in [6, 6.07) is 0. The van der Waals surface area contributed by atoms with Crippen molar-refractivity contribution in [1.29, 1.82) is 0 Å². The van der Waals surface area contributed by atoms with E-state index in [1.165, 1.54) is 11.3 Å². The molecule has 7 heteroatoms. The van der Waals surface area contributed by atoms with Crippen LogP contribution in [0.4, 0.5) is 5.95 Å². The van der Waals surface area contributed by atoms with Gasteiger partial charge in [0.1, 0.15) is 10.3 Å². The van der Waals surface area contributed by atoms with Gasteiger partial charge in [-0.25, -0.2) is 15.0 Å². The minimum absolute atomic E-state index is 0.133. The molecular weight excluding hydrogens is 250 g/mol. The number of hydrogen-bond donors (Lipinski definition) is 0. The Hall–Kier alpha value is -1.76. The molecule has 1 amide bonds. The highest BCUT2D eigenvalue weighted by molar-refractivity contribution is 7.16. The van der Waals surface area contributed by atoms with Crippen LogP contribution in [0.2, 0.25) is 0 Å². The molecule has 0 aliphatic carbocycles. The first-order valence-corrected chi connectivity index (χ1v) is 6.69. The van der Waals surface area contributed by atoms with Gasteiger partial charge in [0.25, 0.3) is 0 Å². The second kappa shape index (κ2) is 4.49. The smallest absolute Gasteiger partial charge is 0.226 e. The van der Waals surface area contributed by atoms with Gasteiger partial charge in [-0.1, -0.05) is 0 Å². The lowest BCUT2D eigenvalue weighted by Gasteiger charge is -2.34. The largest absolute Gasteiger partial charge is 0.339 e. The Morgan fingerprint density at radius 3 is 2.78 bits per heavy atom. The number of piperazine rings is 1. The van der Waals surface area contributed by atoms with Gasteiger partial charge in [0, 0.05) is 33.1 Å². The number of fused-ring (bicyclic) bond motifs is 1. The average molecular weight is 263 g/mol. The molecule has 1 saturated heterocycles. The highest BCUT2D eigenvalue weighted by atomic mass is 32.1. The number of amides is 1. The van der Waals surface area contributed by atoms with E-state index in [2.05, 4.69) is 19.9 Å². The van der Waals surface area contributed by atoms with Crippen LogP contribution < -0.4 is 4.90 Å². The summed E-state index contributed by atoms with van der Waals surface area (Å²) in [7, 11) is 0. The zero-order valence-corrected chi connectivity index (χ0v) is 10.9. The van der Waals surface area contributed by atoms with Gasteiger partial charge < -0.3 is 9.80 Å². The number of aromatic nitrogens is 3. The lowest BCUT2D eigenvalue weighted by Crippen LogP contribution is -2.48. The minimum Gasteiger partial charge on any atom is -0.339 e. The van der Waals surface area contributed by atoms with Gasteiger partial charge in [0.2, 0.25) is 11.9 Å². The van der Waals surface area contributed by atoms with E-state index in [9.17, 15) is 4.79 Å². The van der Waals surface area contributed by atoms with Gasteiger partial charge in [-0.2, -0.15) is 0 Å². The second-order valence-electron chi connectivity index (χ2n) is 4.21. The molecule has 2 aromatic heterocycles. The third kappa shape index (κ3) is 2.01. The summed E-state index contributed by atoms with van der Waals surface area (Å²) in [6.07, 6.45) is 1.76. The van der Waals surface area contributed by atoms with Crippen molar-refractivity contribution in [2.45, 2.75) is 6.92 Å². The van der Waals surface area contributed by atoms with Crippen LogP contribution in [0.25, 0.3) is 10.3 Å². The Bertz CT molecular complexity index is 576. The van der Waals surface area contributed by atoms with Crippen molar-refractivity contribution < 1.29 is 4.79 Å². The Balaban J connectivity index is 1.77. The Morgan fingerprint density at radius 2 is 2.06 bits per heavy atom. The van der Waals surface area contributed by atoms with E-state index in [-0.39, 0.29) is 5.91 Å². The summed E-state index contributed by atoms with van der Waals surface area (Å²) in [5.41, 5.74) is 2.61. The van der Waals surface area contributed by atoms with Crippen molar-refractivity contribution in [2.24, 2.45) is 0 Å². The summed E-state index contributed by atoms with van der Waals surface area (Å²) in [5.74, 6) is 0.864. The fourth-order valence-electron chi connectivity index (χ4n) is 2.03. The van der Waals surface area contributed by atoms with Gasteiger partial charge in [-0.3, -0.25) is 4.79 Å². The van der Waals surface area contributed by atoms with Gasteiger partial charge in [-0.15, -0.1) is 11.3 Å². The minimum atomic E-state index is 0.133. The summed E-state index contributed by atoms with van der Waals surface area (Å²) in [6.45, 7) is 4.64. The molecule has 0 N–H and O–H groups in total. The van der Waals surface area contributed by atoms with Crippen LogP contribution in [-0.2, 0) is 4.79 Å². The maximum Gasteiger partial charge on any atom is 0.226 e. The third-order valence-corrected chi connectivity index (χ3v) is 3.82. The molecule has 0 bridgehead atoms. The molecular formula is C11H13N5OS. The SMILES string of the molecule is CC(=O)N1CCN(c2ncc3ncsc3n2)CC1. The lowest BCUT2D eigenvalue weighted by atomic mass is 10.3. The molecule has 3 rings (SSSR count). The molecule has 94 valence electrons. The van der Waals surface area contributed by atoms with E-state index in [0.29, 0.717) is 0 Å². The van der Waals surface area contributed by atoms with Gasteiger partial charge in [0.05, 0.1) is 11.7 Å². The van der Waals surface area contributed by atoms with Crippen molar-refractivity contribution in [3.63, 3.8) is 0 Å². The molecule has 1 fully saturated rings. The first-order valence-electron chi connectivity index (χ1n) is 5.81. The zero-order valence-electron chi connectivity index (χ0n) is 10.0. The summed E-state index contributed by atoms with van der Waals surface area (Å²) < 4.78 is 0. The van der Waals surface area contributed by atoms with Crippen LogP contribution in [0.1, 0.15) is 6.92 Å². The molecule has 0 unspecified atom stereocenters. The quantitative estimate of drug-likeness (QED) is 0.760. The Labute approximate surface area is 108 Å². The maximum atomic E-state index is 11.3. The summed E-state index contributed by atoms with van der Waals surface area (Å²) in [5, 5.41) is 0. The maximum absolute atomic E-state index is 11.3. The lowest BCUT2D eigenvalue weighted by molar-refractivity contribution is -0.129. The normalized spacial score (nSPS) is 16.3. The molecule has 2 aromatic rings. The van der Waals surface area contributed by atoms with E-state index in [0.717, 1.165) is 42.5 Å². The van der Waals surface area contributed by atoms with Gasteiger partial charge in [0.15, 0.2) is 0 Å². The first-order chi connectivity index (χ1) is 8.74. The van der Waals surface area contributed by atoms with Crippen LogP contribution in [0.3, 0.4) is 0 Å². The highest BCUT2D eigenvalue weighted by Gasteiger charge is 2.20. The molecule has 3 heterocycles. The fraction of sp³-hybridized carbons (Fsp3) is 0.455. The molecule has 0 radical (unpaired) electrons. The van der Waals surface area contributed by atoms with Crippen LogP contribution in [0.15, 0.2) is 11.7 Å². The van der Waals surface area contributed by atoms with E-state index in [4.69, 9.17) is 0 Å². The molecule has 18 heavy (non-hydrogen) atoms. The second-order valence-corrected chi connectivity index (χ2v) is 5.04. The predicted octanol–water partition coefficient (Wildman–Crippen LogP) is 0.755. The fourth-order valence-corrected chi connectivity index (χ4v) is 2.66. The number of hydrogen-bond acceptors (Lipinski definition) is 6. The van der Waals surface area contributed by atoms with Crippen molar-refractivity contribution in [3.8, 4) is 0 Å². The summed E-state index contributed by atoms with van der Waals surface area (Å²) in [4.78, 5) is 29.1. The number of anilines is 1. The van der Waals surface area contributed by atoms with E-state index < -0.39 is 0 Å². The first kappa shape index (κ1) is 11.3. The molecule has 1 aliphatic rings. The summed E-state index contributed by atoms with van der Waals surface area (Å²) >= 11 is 1.52. The standard InChI is InChI=1S/C11H13N5OS/c1-8(17)15-2-4-16(5-3-15)11-12-6-9-10(14-11)18-7-13-9/h6-7H,2-5H2,1H3. The van der Waals surface area contributed by atoms with Crippen LogP contribution >= 0.6 is 11.3 Å². The molecule has 0 saturated carbocycles. The van der Waals surface area contributed by atoms with E-state index >= 15 is 0 Å². The average Bonchev–Trinajstić information content (AvgIpc) is 2.86. The van der Waals surface area contributed by atoms with Gasteiger partial charge >= 0.3 is 0 Å². The number of nitrogens with zero attached hydrogens (tertiary/aromatic N) is 5. The molecule has 1 aliphatic heterocycles. The van der Waals surface area contributed by atoms with Crippen molar-refractivity contribution in [3.05, 3.63) is 11.7 Å². The molecule has 0 atom stereocenters. The molecule has 6 nitrogen and oxygen atoms in total. The number of thiazole rings is 1. The number of carbonyl (C=O) groups excluding carboxylic acids is 1. The number of rotatable bonds is 1. The predicted molar refractivity (Wildman–Crippen MR) is 69.7 cm³/mol. The Kier molecular flexibility index (Phi) is 2.83. The zero-order chi connectivity index (χ0) is 12.5. The van der Waals surface area contributed by atoms with Crippen LogP contribution in [0, 0.1) is 0 Å². The number of carbonyl (C=O) groups is 1. The van der Waals surface area contributed by atoms with Crippen molar-refractivity contribution >= 4 is 33.5 Å². The monoisotopic (exact) mass is 263 g/mol. The highest BCUT2D eigenvalue weighted by Crippen LogP contribution is 2.18. The van der Waals surface area contributed by atoms with Crippen molar-refractivity contribution in [2.75, 3.05) is 31.1 Å². The Morgan fingerprint density at radius 1 is 1.28 bits per heavy atom. The van der Waals surface area contributed by atoms with Gasteiger partial charge in [-0.05, 0) is 0 Å². The molecule has 0 aromatic carbocycles. The van der Waals surface area contributed by atoms with Crippen molar-refractivity contribution in [1.82, 2.24) is 19.9 Å². The van der Waals surface area contributed by atoms with Crippen LogP contribution in [0.5, 0.6) is 0 Å².